The van der Waals surface area contributed by atoms with Gasteiger partial charge in [-0.1, -0.05) is 6.07 Å². The van der Waals surface area contributed by atoms with Crippen molar-refractivity contribution in [1.82, 2.24) is 10.2 Å². The zero-order chi connectivity index (χ0) is 17.9. The predicted molar refractivity (Wildman–Crippen MR) is 99.5 cm³/mol. The first-order chi connectivity index (χ1) is 11.3. The Morgan fingerprint density at radius 1 is 1.25 bits per heavy atom. The molecule has 7 heteroatoms. The summed E-state index contributed by atoms with van der Waals surface area (Å²) in [5, 5.41) is 2.70. The molecule has 0 aliphatic carbocycles. The maximum Gasteiger partial charge on any atom is 0.251 e. The first kappa shape index (κ1) is 18.2. The average molecular weight is 346 g/mol. The topological polar surface area (TPSA) is 65.0 Å². The van der Waals surface area contributed by atoms with E-state index in [1.165, 1.54) is 11.1 Å². The zero-order valence-corrected chi connectivity index (χ0v) is 15.2. The summed E-state index contributed by atoms with van der Waals surface area (Å²) in [6.07, 6.45) is 1.42. The third-order valence-electron chi connectivity index (χ3n) is 3.60. The Morgan fingerprint density at radius 2 is 1.88 bits per heavy atom. The third-order valence-corrected chi connectivity index (χ3v) is 3.88. The summed E-state index contributed by atoms with van der Waals surface area (Å²) >= 11 is 5.19. The first-order valence-corrected chi connectivity index (χ1v) is 8.12. The van der Waals surface area contributed by atoms with E-state index in [9.17, 15) is 9.59 Å². The maximum atomic E-state index is 12.8. The van der Waals surface area contributed by atoms with Gasteiger partial charge in [-0.05, 0) is 63.4 Å². The van der Waals surface area contributed by atoms with Crippen LogP contribution in [-0.2, 0) is 9.59 Å². The molecule has 1 heterocycles. The summed E-state index contributed by atoms with van der Waals surface area (Å²) in [6.45, 7) is 5.18. The lowest BCUT2D eigenvalue weighted by Crippen LogP contribution is -2.58. The highest BCUT2D eigenvalue weighted by Crippen LogP contribution is 2.23. The molecule has 1 aliphatic rings. The smallest absolute Gasteiger partial charge is 0.251 e. The van der Waals surface area contributed by atoms with Gasteiger partial charge in [0, 0.05) is 12.8 Å². The summed E-state index contributed by atoms with van der Waals surface area (Å²) in [4.78, 5) is 32.4. The second-order valence-corrected chi connectivity index (χ2v) is 6.54. The van der Waals surface area contributed by atoms with Gasteiger partial charge in [-0.25, -0.2) is 0 Å². The van der Waals surface area contributed by atoms with Gasteiger partial charge in [-0.2, -0.15) is 0 Å². The number of aryl methyl sites for hydroxylation is 2. The quantitative estimate of drug-likeness (QED) is 0.496. The number of anilines is 1. The van der Waals surface area contributed by atoms with Crippen molar-refractivity contribution in [3.05, 3.63) is 29.3 Å². The van der Waals surface area contributed by atoms with E-state index in [0.717, 1.165) is 17.7 Å². The largest absolute Gasteiger partial charge is 0.308 e. The van der Waals surface area contributed by atoms with E-state index >= 15 is 0 Å². The Balaban J connectivity index is 2.24. The number of rotatable bonds is 5. The summed E-state index contributed by atoms with van der Waals surface area (Å²) in [5.41, 5.74) is 2.71. The molecule has 0 spiro atoms. The van der Waals surface area contributed by atoms with Crippen LogP contribution in [0.3, 0.4) is 0 Å². The Morgan fingerprint density at radius 3 is 2.46 bits per heavy atom. The number of hydrogen-bond donors (Lipinski definition) is 1. The molecule has 0 saturated carbocycles. The van der Waals surface area contributed by atoms with Gasteiger partial charge < -0.3 is 10.2 Å². The molecule has 0 aromatic heterocycles. The van der Waals surface area contributed by atoms with E-state index in [0.29, 0.717) is 12.2 Å². The van der Waals surface area contributed by atoms with Crippen molar-refractivity contribution in [2.75, 3.05) is 32.1 Å². The number of aliphatic imine (C=N–C) groups is 1. The molecule has 1 fully saturated rings. The number of nitrogens with zero attached hydrogens (tertiary/aromatic N) is 3. The standard InChI is InChI=1S/C17H22N4O2S/c1-11-7-12(2)9-13(8-11)21-16(23)14(15(22)19-17(21)24)10-18-5-6-20(3)4/h7-10,14H,5-6H2,1-4H3,(H,19,22,24)/t14-/m0/s1. The Hall–Kier alpha value is -2.12. The average Bonchev–Trinajstić information content (AvgIpc) is 2.44. The van der Waals surface area contributed by atoms with E-state index in [1.54, 1.807) is 0 Å². The van der Waals surface area contributed by atoms with Crippen LogP contribution in [0.4, 0.5) is 5.69 Å². The minimum atomic E-state index is -0.959. The molecule has 1 atom stereocenters. The lowest BCUT2D eigenvalue weighted by atomic mass is 10.0. The number of carbonyl (C=O) groups excluding carboxylic acids is 2. The Kier molecular flexibility index (Phi) is 5.80. The van der Waals surface area contributed by atoms with E-state index in [-0.39, 0.29) is 11.0 Å². The van der Waals surface area contributed by atoms with Crippen molar-refractivity contribution in [3.8, 4) is 0 Å². The van der Waals surface area contributed by atoms with E-state index in [2.05, 4.69) is 10.3 Å². The van der Waals surface area contributed by atoms with Crippen molar-refractivity contribution in [2.45, 2.75) is 13.8 Å². The molecule has 6 nitrogen and oxygen atoms in total. The summed E-state index contributed by atoms with van der Waals surface area (Å²) in [7, 11) is 3.88. The number of benzene rings is 1. The molecule has 0 unspecified atom stereocenters. The van der Waals surface area contributed by atoms with Crippen molar-refractivity contribution in [1.29, 1.82) is 0 Å². The molecule has 1 saturated heterocycles. The van der Waals surface area contributed by atoms with Gasteiger partial charge in [0.05, 0.1) is 12.2 Å². The SMILES string of the molecule is Cc1cc(C)cc(N2C(=O)[C@@H](C=NCCN(C)C)C(=O)NC2=S)c1. The molecule has 0 radical (unpaired) electrons. The molecular formula is C17H22N4O2S. The second-order valence-electron chi connectivity index (χ2n) is 6.15. The fourth-order valence-electron chi connectivity index (χ4n) is 2.48. The molecule has 128 valence electrons. The van der Waals surface area contributed by atoms with Gasteiger partial charge in [0.1, 0.15) is 0 Å². The van der Waals surface area contributed by atoms with Gasteiger partial charge in [0.25, 0.3) is 5.91 Å². The van der Waals surface area contributed by atoms with Crippen LogP contribution in [0.5, 0.6) is 0 Å². The fraction of sp³-hybridized carbons (Fsp3) is 0.412. The maximum absolute atomic E-state index is 12.8. The first-order valence-electron chi connectivity index (χ1n) is 7.71. The predicted octanol–water partition coefficient (Wildman–Crippen LogP) is 1.30. The monoisotopic (exact) mass is 346 g/mol. The second kappa shape index (κ2) is 7.63. The number of thiocarbonyl (C=S) groups is 1. The highest BCUT2D eigenvalue weighted by molar-refractivity contribution is 7.80. The van der Waals surface area contributed by atoms with Gasteiger partial charge in [-0.15, -0.1) is 0 Å². The Labute approximate surface area is 147 Å². The molecule has 1 aliphatic heterocycles. The molecule has 2 rings (SSSR count). The van der Waals surface area contributed by atoms with Gasteiger partial charge in [-0.3, -0.25) is 19.5 Å². The van der Waals surface area contributed by atoms with Crippen LogP contribution in [0, 0.1) is 19.8 Å². The van der Waals surface area contributed by atoms with E-state index < -0.39 is 11.8 Å². The zero-order valence-electron chi connectivity index (χ0n) is 14.4. The molecular weight excluding hydrogens is 324 g/mol. The van der Waals surface area contributed by atoms with Crippen molar-refractivity contribution in [2.24, 2.45) is 10.9 Å². The summed E-state index contributed by atoms with van der Waals surface area (Å²) < 4.78 is 0. The minimum absolute atomic E-state index is 0.105. The van der Waals surface area contributed by atoms with Gasteiger partial charge in [0.2, 0.25) is 5.91 Å². The lowest BCUT2D eigenvalue weighted by molar-refractivity contribution is -0.130. The van der Waals surface area contributed by atoms with E-state index in [4.69, 9.17) is 12.2 Å². The summed E-state index contributed by atoms with van der Waals surface area (Å²) in [6, 6.07) is 5.75. The fourth-order valence-corrected chi connectivity index (χ4v) is 2.78. The highest BCUT2D eigenvalue weighted by atomic mass is 32.1. The summed E-state index contributed by atoms with van der Waals surface area (Å²) in [5.74, 6) is -1.76. The van der Waals surface area contributed by atoms with Crippen LogP contribution in [0.25, 0.3) is 0 Å². The van der Waals surface area contributed by atoms with Gasteiger partial charge >= 0.3 is 0 Å². The van der Waals surface area contributed by atoms with E-state index in [1.807, 2.05) is 51.0 Å². The molecule has 1 aromatic rings. The number of nitrogens with one attached hydrogen (secondary N) is 1. The van der Waals surface area contributed by atoms with Crippen LogP contribution in [0.2, 0.25) is 0 Å². The van der Waals surface area contributed by atoms with Crippen LogP contribution in [0.15, 0.2) is 23.2 Å². The lowest BCUT2D eigenvalue weighted by Gasteiger charge is -2.31. The van der Waals surface area contributed by atoms with Crippen LogP contribution < -0.4 is 10.2 Å². The third kappa shape index (κ3) is 4.24. The molecule has 1 aromatic carbocycles. The van der Waals surface area contributed by atoms with Crippen molar-refractivity contribution in [3.63, 3.8) is 0 Å². The number of amides is 2. The normalized spacial score (nSPS) is 18.6. The Bertz CT molecular complexity index is 680. The molecule has 24 heavy (non-hydrogen) atoms. The molecule has 1 N–H and O–H groups in total. The number of carbonyl (C=O) groups is 2. The van der Waals surface area contributed by atoms with Crippen LogP contribution in [-0.4, -0.2) is 55.2 Å². The van der Waals surface area contributed by atoms with Crippen LogP contribution >= 0.6 is 12.2 Å². The van der Waals surface area contributed by atoms with Gasteiger partial charge in [0.15, 0.2) is 11.0 Å². The number of hydrogen-bond acceptors (Lipinski definition) is 5. The van der Waals surface area contributed by atoms with Crippen molar-refractivity contribution >= 4 is 41.0 Å². The highest BCUT2D eigenvalue weighted by Gasteiger charge is 2.38. The van der Waals surface area contributed by atoms with Crippen molar-refractivity contribution < 1.29 is 9.59 Å². The minimum Gasteiger partial charge on any atom is -0.308 e. The number of likely N-dealkylation sites (N-methyl/N-ethyl adjacent to an activating group) is 1. The molecule has 0 bridgehead atoms. The molecule has 2 amide bonds. The van der Waals surface area contributed by atoms with Crippen LogP contribution in [0.1, 0.15) is 11.1 Å².